The van der Waals surface area contributed by atoms with Gasteiger partial charge in [0.15, 0.2) is 0 Å². The molecule has 0 aliphatic heterocycles. The number of nitrogens with one attached hydrogen (secondary N) is 2. The fourth-order valence-electron chi connectivity index (χ4n) is 2.60. The van der Waals surface area contributed by atoms with Crippen LogP contribution in [0.1, 0.15) is 30.4 Å². The van der Waals surface area contributed by atoms with Crippen LogP contribution in [-0.2, 0) is 9.59 Å². The van der Waals surface area contributed by atoms with Crippen LogP contribution in [0.5, 0.6) is 0 Å². The molecule has 0 spiro atoms. The molecule has 27 heavy (non-hydrogen) atoms. The molecule has 0 radical (unpaired) electrons. The SMILES string of the molecule is Cc1cccc(C)c1NC(=O)CCCSCCC(=O)Nc1cccc(Cl)c1. The molecule has 2 rings (SSSR count). The zero-order chi connectivity index (χ0) is 19.6. The number of anilines is 2. The number of benzene rings is 2. The topological polar surface area (TPSA) is 58.2 Å². The molecule has 144 valence electrons. The summed E-state index contributed by atoms with van der Waals surface area (Å²) in [4.78, 5) is 24.0. The lowest BCUT2D eigenvalue weighted by atomic mass is 10.1. The van der Waals surface area contributed by atoms with Crippen LogP contribution in [0.2, 0.25) is 5.02 Å². The van der Waals surface area contributed by atoms with E-state index in [9.17, 15) is 9.59 Å². The van der Waals surface area contributed by atoms with E-state index in [4.69, 9.17) is 11.6 Å². The van der Waals surface area contributed by atoms with Crippen LogP contribution in [0, 0.1) is 13.8 Å². The highest BCUT2D eigenvalue weighted by molar-refractivity contribution is 7.99. The van der Waals surface area contributed by atoms with E-state index < -0.39 is 0 Å². The molecule has 6 heteroatoms. The summed E-state index contributed by atoms with van der Waals surface area (Å²) >= 11 is 7.58. The zero-order valence-corrected chi connectivity index (χ0v) is 17.3. The summed E-state index contributed by atoms with van der Waals surface area (Å²) in [6, 6.07) is 13.1. The number of halogens is 1. The Morgan fingerprint density at radius 2 is 1.59 bits per heavy atom. The molecule has 0 unspecified atom stereocenters. The lowest BCUT2D eigenvalue weighted by Gasteiger charge is -2.11. The van der Waals surface area contributed by atoms with Gasteiger partial charge in [0.2, 0.25) is 11.8 Å². The van der Waals surface area contributed by atoms with Gasteiger partial charge in [0.25, 0.3) is 0 Å². The first-order valence-corrected chi connectivity index (χ1v) is 10.5. The van der Waals surface area contributed by atoms with Gasteiger partial charge in [0.05, 0.1) is 0 Å². The minimum absolute atomic E-state index is 0.0301. The van der Waals surface area contributed by atoms with Crippen molar-refractivity contribution in [2.75, 3.05) is 22.1 Å². The maximum absolute atomic E-state index is 12.1. The van der Waals surface area contributed by atoms with E-state index in [0.717, 1.165) is 34.7 Å². The number of thioether (sulfide) groups is 1. The van der Waals surface area contributed by atoms with Gasteiger partial charge in [-0.25, -0.2) is 0 Å². The first-order valence-electron chi connectivity index (χ1n) is 8.95. The molecular formula is C21H25ClN2O2S. The third-order valence-electron chi connectivity index (χ3n) is 4.02. The minimum atomic E-state index is -0.0301. The number of carbonyl (C=O) groups excluding carboxylic acids is 2. The van der Waals surface area contributed by atoms with Crippen molar-refractivity contribution in [3.63, 3.8) is 0 Å². The van der Waals surface area contributed by atoms with E-state index in [1.54, 1.807) is 30.0 Å². The first kappa shape index (κ1) is 21.3. The van der Waals surface area contributed by atoms with E-state index in [1.165, 1.54) is 0 Å². The average molecular weight is 405 g/mol. The second-order valence-corrected chi connectivity index (χ2v) is 8.00. The van der Waals surface area contributed by atoms with Gasteiger partial charge >= 0.3 is 0 Å². The minimum Gasteiger partial charge on any atom is -0.326 e. The molecule has 0 saturated heterocycles. The summed E-state index contributed by atoms with van der Waals surface area (Å²) < 4.78 is 0. The van der Waals surface area contributed by atoms with Crippen molar-refractivity contribution in [2.24, 2.45) is 0 Å². The third-order valence-corrected chi connectivity index (χ3v) is 5.33. The van der Waals surface area contributed by atoms with E-state index in [0.29, 0.717) is 23.6 Å². The van der Waals surface area contributed by atoms with Crippen LogP contribution in [0.3, 0.4) is 0 Å². The van der Waals surface area contributed by atoms with Gasteiger partial charge in [-0.3, -0.25) is 9.59 Å². The van der Waals surface area contributed by atoms with Crippen molar-refractivity contribution in [1.82, 2.24) is 0 Å². The molecular weight excluding hydrogens is 380 g/mol. The van der Waals surface area contributed by atoms with Crippen molar-refractivity contribution in [2.45, 2.75) is 33.1 Å². The fourth-order valence-corrected chi connectivity index (χ4v) is 3.68. The summed E-state index contributed by atoms with van der Waals surface area (Å²) in [5.74, 6) is 1.58. The molecule has 0 fully saturated rings. The van der Waals surface area contributed by atoms with E-state index in [-0.39, 0.29) is 11.8 Å². The Hall–Kier alpha value is -1.98. The summed E-state index contributed by atoms with van der Waals surface area (Å²) in [6.07, 6.45) is 1.71. The van der Waals surface area contributed by atoms with Crippen LogP contribution >= 0.6 is 23.4 Å². The largest absolute Gasteiger partial charge is 0.326 e. The molecule has 4 nitrogen and oxygen atoms in total. The number of para-hydroxylation sites is 1. The third kappa shape index (κ3) is 7.65. The second kappa shape index (κ2) is 11.0. The molecule has 0 aromatic heterocycles. The quantitative estimate of drug-likeness (QED) is 0.547. The van der Waals surface area contributed by atoms with Crippen LogP contribution in [-0.4, -0.2) is 23.3 Å². The molecule has 0 atom stereocenters. The Labute approximate surface area is 170 Å². The Kier molecular flexibility index (Phi) is 8.69. The smallest absolute Gasteiger partial charge is 0.225 e. The van der Waals surface area contributed by atoms with Gasteiger partial charge in [-0.05, 0) is 55.3 Å². The summed E-state index contributed by atoms with van der Waals surface area (Å²) in [6.45, 7) is 3.99. The second-order valence-electron chi connectivity index (χ2n) is 6.34. The van der Waals surface area contributed by atoms with E-state index in [1.807, 2.05) is 38.1 Å². The molecule has 2 aromatic carbocycles. The lowest BCUT2D eigenvalue weighted by Crippen LogP contribution is -2.14. The molecule has 0 bridgehead atoms. The maximum atomic E-state index is 12.1. The molecule has 0 aliphatic rings. The van der Waals surface area contributed by atoms with Crippen LogP contribution < -0.4 is 10.6 Å². The standard InChI is InChI=1S/C21H25ClN2O2S/c1-15-6-3-7-16(2)21(15)24-19(25)10-5-12-27-13-11-20(26)23-18-9-4-8-17(22)14-18/h3-4,6-9,14H,5,10-13H2,1-2H3,(H,23,26)(H,24,25). The summed E-state index contributed by atoms with van der Waals surface area (Å²) in [7, 11) is 0. The zero-order valence-electron chi connectivity index (χ0n) is 15.7. The van der Waals surface area contributed by atoms with Gasteiger partial charge in [-0.1, -0.05) is 35.9 Å². The molecule has 2 N–H and O–H groups in total. The van der Waals surface area contributed by atoms with E-state index >= 15 is 0 Å². The van der Waals surface area contributed by atoms with Crippen LogP contribution in [0.4, 0.5) is 11.4 Å². The van der Waals surface area contributed by atoms with Gasteiger partial charge in [0.1, 0.15) is 0 Å². The number of amides is 2. The lowest BCUT2D eigenvalue weighted by molar-refractivity contribution is -0.116. The predicted octanol–water partition coefficient (Wildman–Crippen LogP) is 5.44. The molecule has 2 amide bonds. The number of carbonyl (C=O) groups is 2. The van der Waals surface area contributed by atoms with Gasteiger partial charge in [0, 0.05) is 35.0 Å². The molecule has 2 aromatic rings. The highest BCUT2D eigenvalue weighted by Gasteiger charge is 2.07. The molecule has 0 aliphatic carbocycles. The fraction of sp³-hybridized carbons (Fsp3) is 0.333. The Bertz CT molecular complexity index is 775. The highest BCUT2D eigenvalue weighted by Crippen LogP contribution is 2.20. The van der Waals surface area contributed by atoms with Gasteiger partial charge < -0.3 is 10.6 Å². The molecule has 0 saturated carbocycles. The average Bonchev–Trinajstić information content (AvgIpc) is 2.61. The van der Waals surface area contributed by atoms with Crippen molar-refractivity contribution < 1.29 is 9.59 Å². The van der Waals surface area contributed by atoms with Crippen molar-refractivity contribution in [1.29, 1.82) is 0 Å². The summed E-state index contributed by atoms with van der Waals surface area (Å²) in [5, 5.41) is 6.42. The van der Waals surface area contributed by atoms with Gasteiger partial charge in [-0.15, -0.1) is 0 Å². The monoisotopic (exact) mass is 404 g/mol. The Morgan fingerprint density at radius 3 is 2.30 bits per heavy atom. The van der Waals surface area contributed by atoms with Crippen LogP contribution in [0.25, 0.3) is 0 Å². The van der Waals surface area contributed by atoms with Gasteiger partial charge in [-0.2, -0.15) is 11.8 Å². The predicted molar refractivity (Wildman–Crippen MR) is 116 cm³/mol. The molecule has 0 heterocycles. The van der Waals surface area contributed by atoms with E-state index in [2.05, 4.69) is 10.6 Å². The first-order chi connectivity index (χ1) is 13.0. The maximum Gasteiger partial charge on any atom is 0.225 e. The Balaban J connectivity index is 1.59. The number of hydrogen-bond acceptors (Lipinski definition) is 3. The van der Waals surface area contributed by atoms with Crippen LogP contribution in [0.15, 0.2) is 42.5 Å². The summed E-state index contributed by atoms with van der Waals surface area (Å²) in [5.41, 5.74) is 3.76. The van der Waals surface area contributed by atoms with Crippen molar-refractivity contribution in [3.05, 3.63) is 58.6 Å². The van der Waals surface area contributed by atoms with Crippen molar-refractivity contribution in [3.8, 4) is 0 Å². The number of rotatable bonds is 9. The Morgan fingerprint density at radius 1 is 0.926 bits per heavy atom. The normalized spacial score (nSPS) is 10.5. The van der Waals surface area contributed by atoms with Crippen molar-refractivity contribution >= 4 is 46.6 Å². The number of hydrogen-bond donors (Lipinski definition) is 2. The number of aryl methyl sites for hydroxylation is 2. The highest BCUT2D eigenvalue weighted by atomic mass is 35.5.